The third kappa shape index (κ3) is 5.72. The molecule has 0 radical (unpaired) electrons. The molecule has 14 heavy (non-hydrogen) atoms. The van der Waals surface area contributed by atoms with E-state index in [-0.39, 0.29) is 6.61 Å². The van der Waals surface area contributed by atoms with E-state index in [1.807, 2.05) is 0 Å². The Hall–Kier alpha value is -0.870. The van der Waals surface area contributed by atoms with Crippen molar-refractivity contribution in [1.82, 2.24) is 0 Å². The van der Waals surface area contributed by atoms with Crippen LogP contribution in [0.3, 0.4) is 0 Å². The summed E-state index contributed by atoms with van der Waals surface area (Å²) < 4.78 is 4.48. The predicted octanol–water partition coefficient (Wildman–Crippen LogP) is 0.629. The molecule has 0 aliphatic rings. The first-order valence-corrected chi connectivity index (χ1v) is 4.67. The average molecular weight is 202 g/mol. The number of aliphatic hydroxyl groups excluding tert-OH is 2. The van der Waals surface area contributed by atoms with Crippen LogP contribution in [0, 0.1) is 0 Å². The van der Waals surface area contributed by atoms with E-state index in [0.29, 0.717) is 18.4 Å². The minimum atomic E-state index is -0.638. The molecular formula is C10H18O4. The summed E-state index contributed by atoms with van der Waals surface area (Å²) in [6.45, 7) is 1.73. The highest BCUT2D eigenvalue weighted by molar-refractivity contribution is 5.87. The van der Waals surface area contributed by atoms with Crippen molar-refractivity contribution in [2.75, 3.05) is 13.7 Å². The van der Waals surface area contributed by atoms with E-state index in [4.69, 9.17) is 5.11 Å². The molecule has 1 unspecified atom stereocenters. The van der Waals surface area contributed by atoms with Crippen LogP contribution in [-0.4, -0.2) is 36.0 Å². The van der Waals surface area contributed by atoms with E-state index in [1.165, 1.54) is 13.2 Å². The highest BCUT2D eigenvalue weighted by Gasteiger charge is 2.06. The largest absolute Gasteiger partial charge is 0.466 e. The minimum absolute atomic E-state index is 0.131. The quantitative estimate of drug-likeness (QED) is 0.376. The van der Waals surface area contributed by atoms with Crippen molar-refractivity contribution in [1.29, 1.82) is 0 Å². The lowest BCUT2D eigenvalue weighted by Gasteiger charge is -2.06. The van der Waals surface area contributed by atoms with Gasteiger partial charge in [0.15, 0.2) is 0 Å². The second kappa shape index (κ2) is 7.53. The fraction of sp³-hybridized carbons (Fsp3) is 0.700. The number of hydrogen-bond acceptors (Lipinski definition) is 4. The summed E-state index contributed by atoms with van der Waals surface area (Å²) in [5.74, 6) is -0.425. The zero-order valence-electron chi connectivity index (χ0n) is 8.69. The summed E-state index contributed by atoms with van der Waals surface area (Å²) in [5.41, 5.74) is 0.406. The molecule has 2 N–H and O–H groups in total. The van der Waals surface area contributed by atoms with Gasteiger partial charge in [-0.1, -0.05) is 0 Å². The van der Waals surface area contributed by atoms with Gasteiger partial charge in [-0.3, -0.25) is 0 Å². The molecule has 4 heteroatoms. The Labute approximate surface area is 84.2 Å². The van der Waals surface area contributed by atoms with Gasteiger partial charge in [0.25, 0.3) is 0 Å². The van der Waals surface area contributed by atoms with Crippen LogP contribution in [0.25, 0.3) is 0 Å². The normalized spacial score (nSPS) is 13.9. The maximum atomic E-state index is 10.9. The van der Waals surface area contributed by atoms with Gasteiger partial charge in [-0.05, 0) is 32.3 Å². The van der Waals surface area contributed by atoms with E-state index in [9.17, 15) is 9.90 Å². The number of ether oxygens (including phenoxy) is 1. The second-order valence-electron chi connectivity index (χ2n) is 3.13. The first-order chi connectivity index (χ1) is 6.61. The zero-order chi connectivity index (χ0) is 11.0. The Morgan fingerprint density at radius 3 is 2.64 bits per heavy atom. The van der Waals surface area contributed by atoms with Gasteiger partial charge in [-0.25, -0.2) is 4.79 Å². The first kappa shape index (κ1) is 13.1. The SMILES string of the molecule is COC(=O)C(C)=CC(O)CCCCO. The molecule has 82 valence electrons. The van der Waals surface area contributed by atoms with Gasteiger partial charge in [0.2, 0.25) is 0 Å². The summed E-state index contributed by atoms with van der Waals surface area (Å²) in [4.78, 5) is 10.9. The van der Waals surface area contributed by atoms with Gasteiger partial charge in [-0.15, -0.1) is 0 Å². The Morgan fingerprint density at radius 2 is 2.14 bits per heavy atom. The van der Waals surface area contributed by atoms with Gasteiger partial charge < -0.3 is 14.9 Å². The summed E-state index contributed by atoms with van der Waals surface area (Å²) in [5, 5.41) is 17.9. The number of aliphatic hydroxyl groups is 2. The number of rotatable bonds is 6. The van der Waals surface area contributed by atoms with E-state index in [2.05, 4.69) is 4.74 Å². The average Bonchev–Trinajstić information content (AvgIpc) is 2.16. The fourth-order valence-corrected chi connectivity index (χ4v) is 1.07. The third-order valence-corrected chi connectivity index (χ3v) is 1.86. The van der Waals surface area contributed by atoms with Crippen LogP contribution in [0.4, 0.5) is 0 Å². The van der Waals surface area contributed by atoms with Crippen LogP contribution in [-0.2, 0) is 9.53 Å². The maximum Gasteiger partial charge on any atom is 0.333 e. The van der Waals surface area contributed by atoms with E-state index < -0.39 is 12.1 Å². The molecule has 0 heterocycles. The van der Waals surface area contributed by atoms with Crippen molar-refractivity contribution in [3.05, 3.63) is 11.6 Å². The lowest BCUT2D eigenvalue weighted by atomic mass is 10.1. The number of carbonyl (C=O) groups is 1. The molecule has 4 nitrogen and oxygen atoms in total. The Balaban J connectivity index is 3.89. The number of esters is 1. The van der Waals surface area contributed by atoms with Crippen molar-refractivity contribution in [3.63, 3.8) is 0 Å². The van der Waals surface area contributed by atoms with Crippen molar-refractivity contribution in [2.45, 2.75) is 32.3 Å². The van der Waals surface area contributed by atoms with Crippen molar-refractivity contribution in [3.8, 4) is 0 Å². The fourth-order valence-electron chi connectivity index (χ4n) is 1.07. The molecule has 0 aliphatic heterocycles. The second-order valence-corrected chi connectivity index (χ2v) is 3.13. The van der Waals surface area contributed by atoms with E-state index >= 15 is 0 Å². The van der Waals surface area contributed by atoms with Crippen molar-refractivity contribution >= 4 is 5.97 Å². The first-order valence-electron chi connectivity index (χ1n) is 4.67. The Kier molecular flexibility index (Phi) is 7.06. The Bertz CT molecular complexity index is 198. The molecule has 0 rings (SSSR count). The molecule has 0 aromatic heterocycles. The lowest BCUT2D eigenvalue weighted by molar-refractivity contribution is -0.136. The molecule has 0 fully saturated rings. The number of unbranched alkanes of at least 4 members (excludes halogenated alkanes) is 1. The molecule has 0 saturated heterocycles. The summed E-state index contributed by atoms with van der Waals surface area (Å²) in [7, 11) is 1.30. The summed E-state index contributed by atoms with van der Waals surface area (Å²) in [6.07, 6.45) is 2.80. The monoisotopic (exact) mass is 202 g/mol. The Morgan fingerprint density at radius 1 is 1.50 bits per heavy atom. The molecule has 0 aromatic rings. The number of methoxy groups -OCH3 is 1. The molecule has 0 amide bonds. The van der Waals surface area contributed by atoms with Gasteiger partial charge in [-0.2, -0.15) is 0 Å². The summed E-state index contributed by atoms with van der Waals surface area (Å²) >= 11 is 0. The van der Waals surface area contributed by atoms with Crippen molar-refractivity contribution < 1.29 is 19.7 Å². The van der Waals surface area contributed by atoms with Gasteiger partial charge >= 0.3 is 5.97 Å². The van der Waals surface area contributed by atoms with E-state index in [0.717, 1.165) is 6.42 Å². The van der Waals surface area contributed by atoms with Crippen LogP contribution in [0.1, 0.15) is 26.2 Å². The molecule has 0 aliphatic carbocycles. The molecule has 0 bridgehead atoms. The van der Waals surface area contributed by atoms with Gasteiger partial charge in [0.05, 0.1) is 13.2 Å². The predicted molar refractivity (Wildman–Crippen MR) is 52.7 cm³/mol. The molecular weight excluding hydrogens is 184 g/mol. The van der Waals surface area contributed by atoms with Crippen molar-refractivity contribution in [2.24, 2.45) is 0 Å². The highest BCUT2D eigenvalue weighted by Crippen LogP contribution is 2.05. The molecule has 1 atom stereocenters. The maximum absolute atomic E-state index is 10.9. The number of hydrogen-bond donors (Lipinski definition) is 2. The lowest BCUT2D eigenvalue weighted by Crippen LogP contribution is -2.08. The van der Waals surface area contributed by atoms with Crippen LogP contribution in [0.2, 0.25) is 0 Å². The number of carbonyl (C=O) groups excluding carboxylic acids is 1. The van der Waals surface area contributed by atoms with Crippen LogP contribution in [0.5, 0.6) is 0 Å². The standard InChI is InChI=1S/C10H18O4/c1-8(10(13)14-2)7-9(12)5-3-4-6-11/h7,9,11-12H,3-6H2,1-2H3. The van der Waals surface area contributed by atoms with Gasteiger partial charge in [0, 0.05) is 12.2 Å². The minimum Gasteiger partial charge on any atom is -0.466 e. The van der Waals surface area contributed by atoms with Crippen LogP contribution < -0.4 is 0 Å². The zero-order valence-corrected chi connectivity index (χ0v) is 8.69. The smallest absolute Gasteiger partial charge is 0.333 e. The van der Waals surface area contributed by atoms with Gasteiger partial charge in [0.1, 0.15) is 0 Å². The van der Waals surface area contributed by atoms with Crippen LogP contribution in [0.15, 0.2) is 11.6 Å². The van der Waals surface area contributed by atoms with E-state index in [1.54, 1.807) is 6.92 Å². The molecule has 0 saturated carbocycles. The summed E-state index contributed by atoms with van der Waals surface area (Å²) in [6, 6.07) is 0. The molecule has 0 spiro atoms. The third-order valence-electron chi connectivity index (χ3n) is 1.86. The molecule has 0 aromatic carbocycles. The topological polar surface area (TPSA) is 66.8 Å². The van der Waals surface area contributed by atoms with Crippen LogP contribution >= 0.6 is 0 Å². The highest BCUT2D eigenvalue weighted by atomic mass is 16.5.